The average molecular weight is 274 g/mol. The molecule has 0 N–H and O–H groups in total. The first-order valence-electron chi connectivity index (χ1n) is 5.03. The molecule has 3 rings (SSSR count). The molecule has 0 saturated heterocycles. The van der Waals surface area contributed by atoms with Crippen molar-refractivity contribution in [2.45, 2.75) is 0 Å². The van der Waals surface area contributed by atoms with Gasteiger partial charge >= 0.3 is 0 Å². The predicted octanol–water partition coefficient (Wildman–Crippen LogP) is 3.42. The summed E-state index contributed by atoms with van der Waals surface area (Å²) < 4.78 is 0.953. The Kier molecular flexibility index (Phi) is 2.14. The maximum atomic E-state index is 12.2. The van der Waals surface area contributed by atoms with Crippen molar-refractivity contribution in [1.29, 1.82) is 0 Å². The first-order chi connectivity index (χ1) is 7.75. The molecule has 0 bridgehead atoms. The molecule has 16 heavy (non-hydrogen) atoms. The van der Waals surface area contributed by atoms with Gasteiger partial charge in [0, 0.05) is 10.0 Å². The number of halogens is 1. The Bertz CT molecular complexity index is 569. The van der Waals surface area contributed by atoms with Crippen molar-refractivity contribution >= 4 is 33.1 Å². The smallest absolute Gasteiger partial charge is 0.177 e. The van der Waals surface area contributed by atoms with Crippen molar-refractivity contribution in [3.8, 4) is 0 Å². The van der Waals surface area contributed by atoms with Gasteiger partial charge in [0.2, 0.25) is 0 Å². The monoisotopic (exact) mass is 273 g/mol. The van der Waals surface area contributed by atoms with Crippen molar-refractivity contribution in [3.63, 3.8) is 0 Å². The van der Waals surface area contributed by atoms with Crippen LogP contribution in [0.4, 0.5) is 5.69 Å². The van der Waals surface area contributed by atoms with Crippen molar-refractivity contribution in [2.75, 3.05) is 0 Å². The third-order valence-electron chi connectivity index (χ3n) is 2.75. The number of Topliss-reactive ketones (excluding diaryl/α,β-unsaturated/α-hetero) is 1. The number of benzene rings is 1. The van der Waals surface area contributed by atoms with E-state index in [2.05, 4.69) is 20.9 Å². The van der Waals surface area contributed by atoms with Crippen LogP contribution in [0.5, 0.6) is 0 Å². The number of allylic oxidation sites excluding steroid dienone is 4. The normalized spacial score (nSPS) is 22.1. The third-order valence-corrected chi connectivity index (χ3v) is 3.25. The Balaban J connectivity index is 2.21. The summed E-state index contributed by atoms with van der Waals surface area (Å²) in [6, 6.07) is 7.47. The van der Waals surface area contributed by atoms with E-state index in [4.69, 9.17) is 0 Å². The topological polar surface area (TPSA) is 29.4 Å². The number of rotatable bonds is 0. The van der Waals surface area contributed by atoms with Crippen LogP contribution >= 0.6 is 15.9 Å². The van der Waals surface area contributed by atoms with Crippen LogP contribution < -0.4 is 0 Å². The largest absolute Gasteiger partial charge is 0.293 e. The standard InChI is InChI=1S/C13H8BrNO/c14-8-5-6-10-12(7-8)15-11-4-2-1-3-9(11)13(10)16/h1-7,10H. The van der Waals surface area contributed by atoms with E-state index in [9.17, 15) is 4.79 Å². The van der Waals surface area contributed by atoms with Crippen molar-refractivity contribution in [3.05, 3.63) is 52.5 Å². The number of aliphatic imine (C=N–C) groups is 1. The highest BCUT2D eigenvalue weighted by Crippen LogP contribution is 2.32. The molecule has 0 radical (unpaired) electrons. The molecule has 0 spiro atoms. The summed E-state index contributed by atoms with van der Waals surface area (Å²) >= 11 is 3.39. The molecule has 1 aliphatic carbocycles. The molecule has 1 atom stereocenters. The van der Waals surface area contributed by atoms with Crippen molar-refractivity contribution < 1.29 is 4.79 Å². The Morgan fingerprint density at radius 1 is 1.25 bits per heavy atom. The molecule has 2 aliphatic rings. The second-order valence-corrected chi connectivity index (χ2v) is 4.70. The summed E-state index contributed by atoms with van der Waals surface area (Å²) in [5.74, 6) is -0.0794. The molecule has 1 unspecified atom stereocenters. The van der Waals surface area contributed by atoms with E-state index < -0.39 is 0 Å². The van der Waals surface area contributed by atoms with Gasteiger partial charge in [-0.1, -0.05) is 40.2 Å². The number of hydrogen-bond donors (Lipinski definition) is 0. The second kappa shape index (κ2) is 3.52. The molecule has 0 saturated carbocycles. The van der Waals surface area contributed by atoms with E-state index in [0.717, 1.165) is 15.9 Å². The zero-order valence-electron chi connectivity index (χ0n) is 8.35. The summed E-state index contributed by atoms with van der Waals surface area (Å²) in [7, 11) is 0. The Hall–Kier alpha value is -1.48. The molecular formula is C13H8BrNO. The fourth-order valence-electron chi connectivity index (χ4n) is 1.98. The minimum absolute atomic E-state index is 0.133. The highest BCUT2D eigenvalue weighted by molar-refractivity contribution is 9.11. The van der Waals surface area contributed by atoms with Crippen LogP contribution in [0.1, 0.15) is 10.4 Å². The van der Waals surface area contributed by atoms with Gasteiger partial charge in [-0.2, -0.15) is 0 Å². The van der Waals surface area contributed by atoms with Gasteiger partial charge in [0.05, 0.1) is 17.3 Å². The molecule has 0 amide bonds. The van der Waals surface area contributed by atoms with Crippen LogP contribution in [0.25, 0.3) is 0 Å². The van der Waals surface area contributed by atoms with Crippen LogP contribution in [-0.4, -0.2) is 11.5 Å². The lowest BCUT2D eigenvalue weighted by Crippen LogP contribution is -2.26. The Morgan fingerprint density at radius 3 is 2.94 bits per heavy atom. The van der Waals surface area contributed by atoms with Gasteiger partial charge < -0.3 is 0 Å². The van der Waals surface area contributed by atoms with Gasteiger partial charge in [-0.05, 0) is 18.2 Å². The van der Waals surface area contributed by atoms with Gasteiger partial charge in [0.15, 0.2) is 5.78 Å². The number of nitrogens with zero attached hydrogens (tertiary/aromatic N) is 1. The Labute approximate surface area is 102 Å². The number of fused-ring (bicyclic) bond motifs is 2. The van der Waals surface area contributed by atoms with E-state index in [1.54, 1.807) is 0 Å². The molecule has 1 aromatic rings. The molecule has 1 heterocycles. The summed E-state index contributed by atoms with van der Waals surface area (Å²) in [6.07, 6.45) is 5.69. The first-order valence-corrected chi connectivity index (χ1v) is 5.82. The molecule has 0 fully saturated rings. The highest BCUT2D eigenvalue weighted by Gasteiger charge is 2.29. The van der Waals surface area contributed by atoms with E-state index in [-0.39, 0.29) is 11.7 Å². The molecule has 1 aliphatic heterocycles. The fraction of sp³-hybridized carbons (Fsp3) is 0.0769. The van der Waals surface area contributed by atoms with Gasteiger partial charge in [0.25, 0.3) is 0 Å². The van der Waals surface area contributed by atoms with Gasteiger partial charge in [0.1, 0.15) is 0 Å². The van der Waals surface area contributed by atoms with Crippen LogP contribution in [-0.2, 0) is 0 Å². The summed E-state index contributed by atoms with van der Waals surface area (Å²) in [4.78, 5) is 16.7. The lowest BCUT2D eigenvalue weighted by Gasteiger charge is -2.21. The summed E-state index contributed by atoms with van der Waals surface area (Å²) in [5, 5.41) is 0. The number of hydrogen-bond acceptors (Lipinski definition) is 2. The molecule has 1 aromatic carbocycles. The molecule has 78 valence electrons. The van der Waals surface area contributed by atoms with E-state index in [1.807, 2.05) is 42.5 Å². The van der Waals surface area contributed by atoms with Gasteiger partial charge in [-0.15, -0.1) is 0 Å². The van der Waals surface area contributed by atoms with Crippen molar-refractivity contribution in [1.82, 2.24) is 0 Å². The lowest BCUT2D eigenvalue weighted by molar-refractivity contribution is 0.0971. The second-order valence-electron chi connectivity index (χ2n) is 3.78. The fourth-order valence-corrected chi connectivity index (χ4v) is 2.36. The molecule has 3 heteroatoms. The lowest BCUT2D eigenvalue weighted by atomic mass is 9.87. The molecular weight excluding hydrogens is 266 g/mol. The van der Waals surface area contributed by atoms with Gasteiger partial charge in [-0.3, -0.25) is 9.79 Å². The minimum Gasteiger partial charge on any atom is -0.293 e. The SMILES string of the molecule is O=C1c2ccccc2N=C2C=C(Br)C=CC12. The Morgan fingerprint density at radius 2 is 2.06 bits per heavy atom. The predicted molar refractivity (Wildman–Crippen MR) is 67.5 cm³/mol. The number of ketones is 1. The van der Waals surface area contributed by atoms with Crippen LogP contribution in [0.3, 0.4) is 0 Å². The average Bonchev–Trinajstić information content (AvgIpc) is 2.29. The van der Waals surface area contributed by atoms with Crippen LogP contribution in [0.15, 0.2) is 52.0 Å². The maximum Gasteiger partial charge on any atom is 0.177 e. The minimum atomic E-state index is -0.212. The number of carbonyl (C=O) groups excluding carboxylic acids is 1. The molecule has 0 aromatic heterocycles. The van der Waals surface area contributed by atoms with E-state index in [1.165, 1.54) is 0 Å². The van der Waals surface area contributed by atoms with E-state index >= 15 is 0 Å². The molecule has 2 nitrogen and oxygen atoms in total. The maximum absolute atomic E-state index is 12.2. The van der Waals surface area contributed by atoms with Gasteiger partial charge in [-0.25, -0.2) is 0 Å². The van der Waals surface area contributed by atoms with E-state index in [0.29, 0.717) is 5.56 Å². The third kappa shape index (κ3) is 1.39. The van der Waals surface area contributed by atoms with Crippen molar-refractivity contribution in [2.24, 2.45) is 10.9 Å². The summed E-state index contributed by atoms with van der Waals surface area (Å²) in [5.41, 5.74) is 2.30. The van der Waals surface area contributed by atoms with Crippen LogP contribution in [0, 0.1) is 5.92 Å². The highest BCUT2D eigenvalue weighted by atomic mass is 79.9. The zero-order chi connectivity index (χ0) is 11.1. The zero-order valence-corrected chi connectivity index (χ0v) is 9.94. The quantitative estimate of drug-likeness (QED) is 0.712. The number of carbonyl (C=O) groups is 1. The van der Waals surface area contributed by atoms with Crippen LogP contribution in [0.2, 0.25) is 0 Å². The first kappa shape index (κ1) is 9.73. The number of para-hydroxylation sites is 1. The summed E-state index contributed by atoms with van der Waals surface area (Å²) in [6.45, 7) is 0.